The number of carbonyl (C=O) groups excluding carboxylic acids is 4. The third-order valence-electron chi connectivity index (χ3n) is 6.33. The largest absolute Gasteiger partial charge is 0.463 e. The summed E-state index contributed by atoms with van der Waals surface area (Å²) in [5.74, 6) is 2.44. The first-order valence-electron chi connectivity index (χ1n) is 14.0. The number of nitro groups is 1. The van der Waals surface area contributed by atoms with Crippen LogP contribution in [0.3, 0.4) is 0 Å². The van der Waals surface area contributed by atoms with Crippen LogP contribution in [0.4, 0.5) is 11.4 Å². The van der Waals surface area contributed by atoms with Crippen molar-refractivity contribution in [2.75, 3.05) is 25.6 Å². The molecule has 3 rings (SSSR count). The van der Waals surface area contributed by atoms with Crippen molar-refractivity contribution in [2.45, 2.75) is 58.4 Å². The number of nitrogens with zero attached hydrogens (tertiary/aromatic N) is 2. The molecule has 2 aromatic rings. The van der Waals surface area contributed by atoms with Gasteiger partial charge in [-0.2, -0.15) is 0 Å². The van der Waals surface area contributed by atoms with Gasteiger partial charge in [0.25, 0.3) is 0 Å². The number of hydrogen-bond acceptors (Lipinski definition) is 13. The first-order valence-corrected chi connectivity index (χ1v) is 14.0. The molecule has 1 saturated heterocycles. The molecule has 2 aromatic carbocycles. The van der Waals surface area contributed by atoms with Crippen molar-refractivity contribution in [3.63, 3.8) is 0 Å². The zero-order chi connectivity index (χ0) is 34.0. The van der Waals surface area contributed by atoms with E-state index in [1.165, 1.54) is 18.2 Å². The number of rotatable bonds is 10. The number of hydrogen-bond donors (Lipinski definition) is 0. The summed E-state index contributed by atoms with van der Waals surface area (Å²) >= 11 is 0. The highest BCUT2D eigenvalue weighted by atomic mass is 16.7. The van der Waals surface area contributed by atoms with Gasteiger partial charge in [-0.25, -0.2) is 0 Å². The highest BCUT2D eigenvalue weighted by Crippen LogP contribution is 2.35. The van der Waals surface area contributed by atoms with Gasteiger partial charge in [-0.15, -0.1) is 0 Å². The SMILES string of the molecule is CC(=O)OC[C@H]1OC(Oc2cc(/C=C/C#Cc3ccc(N(C)C)cc3)ccc2[N+](=O)[O-])[C@H](OC(C)=O)[C@@H](OC(C)=O)[C@@H]1OC(C)=O. The minimum absolute atomic E-state index is 0.291. The second kappa shape index (κ2) is 16.1. The molecule has 14 heteroatoms. The lowest BCUT2D eigenvalue weighted by Crippen LogP contribution is -2.63. The Bertz CT molecular complexity index is 1540. The Morgan fingerprint density at radius 2 is 1.50 bits per heavy atom. The molecule has 0 aliphatic carbocycles. The first kappa shape index (κ1) is 35.1. The molecule has 0 saturated carbocycles. The van der Waals surface area contributed by atoms with Gasteiger partial charge >= 0.3 is 29.6 Å². The van der Waals surface area contributed by atoms with Crippen LogP contribution in [0.5, 0.6) is 5.75 Å². The van der Waals surface area contributed by atoms with Crippen molar-refractivity contribution in [1.29, 1.82) is 0 Å². The topological polar surface area (TPSA) is 170 Å². The van der Waals surface area contributed by atoms with Crippen LogP contribution in [0.15, 0.2) is 48.5 Å². The molecule has 0 amide bonds. The number of ether oxygens (including phenoxy) is 6. The Hall–Kier alpha value is -5.42. The number of anilines is 1. The van der Waals surface area contributed by atoms with Crippen molar-refractivity contribution < 1.29 is 52.5 Å². The second-order valence-electron chi connectivity index (χ2n) is 10.2. The summed E-state index contributed by atoms with van der Waals surface area (Å²) in [6.45, 7) is 3.88. The van der Waals surface area contributed by atoms with Crippen LogP contribution in [-0.2, 0) is 42.9 Å². The third-order valence-corrected chi connectivity index (χ3v) is 6.33. The van der Waals surface area contributed by atoms with E-state index in [2.05, 4.69) is 11.8 Å². The number of benzene rings is 2. The summed E-state index contributed by atoms with van der Waals surface area (Å²) in [5, 5.41) is 11.9. The predicted molar refractivity (Wildman–Crippen MR) is 162 cm³/mol. The van der Waals surface area contributed by atoms with Crippen LogP contribution < -0.4 is 9.64 Å². The van der Waals surface area contributed by atoms with Crippen LogP contribution in [0, 0.1) is 22.0 Å². The van der Waals surface area contributed by atoms with Gasteiger partial charge in [0.2, 0.25) is 18.1 Å². The van der Waals surface area contributed by atoms with Crippen molar-refractivity contribution in [3.8, 4) is 17.6 Å². The third kappa shape index (κ3) is 10.1. The maximum atomic E-state index is 12.1. The molecule has 46 heavy (non-hydrogen) atoms. The van der Waals surface area contributed by atoms with Crippen LogP contribution in [0.2, 0.25) is 0 Å². The molecule has 0 radical (unpaired) electrons. The number of esters is 4. The molecule has 0 N–H and O–H groups in total. The van der Waals surface area contributed by atoms with Gasteiger partial charge in [-0.3, -0.25) is 29.3 Å². The number of carbonyl (C=O) groups is 4. The van der Waals surface area contributed by atoms with Crippen LogP contribution in [0.1, 0.15) is 38.8 Å². The van der Waals surface area contributed by atoms with Crippen molar-refractivity contribution in [3.05, 3.63) is 69.8 Å². The molecule has 1 fully saturated rings. The monoisotopic (exact) mass is 638 g/mol. The quantitative estimate of drug-likeness (QED) is 0.122. The van der Waals surface area contributed by atoms with Gasteiger partial charge in [0.15, 0.2) is 12.2 Å². The molecule has 1 aliphatic heterocycles. The number of nitro benzene ring substituents is 1. The van der Waals surface area contributed by atoms with Gasteiger partial charge in [0, 0.05) is 59.1 Å². The fourth-order valence-electron chi connectivity index (χ4n) is 4.39. The molecule has 244 valence electrons. The summed E-state index contributed by atoms with van der Waals surface area (Å²) in [6, 6.07) is 11.6. The maximum absolute atomic E-state index is 12.1. The van der Waals surface area contributed by atoms with Gasteiger partial charge in [0.1, 0.15) is 12.7 Å². The molecule has 0 spiro atoms. The molecule has 1 aliphatic rings. The van der Waals surface area contributed by atoms with E-state index >= 15 is 0 Å². The molecule has 1 unspecified atom stereocenters. The summed E-state index contributed by atoms with van der Waals surface area (Å²) in [5.41, 5.74) is 1.81. The smallest absolute Gasteiger partial charge is 0.311 e. The zero-order valence-electron chi connectivity index (χ0n) is 26.1. The molecule has 0 aromatic heterocycles. The van der Waals surface area contributed by atoms with Crippen LogP contribution in [0.25, 0.3) is 6.08 Å². The van der Waals surface area contributed by atoms with E-state index in [1.807, 2.05) is 43.3 Å². The number of allylic oxidation sites excluding steroid dienone is 1. The average Bonchev–Trinajstić information content (AvgIpc) is 2.97. The predicted octanol–water partition coefficient (Wildman–Crippen LogP) is 3.19. The van der Waals surface area contributed by atoms with Crippen LogP contribution in [-0.4, -0.2) is 80.2 Å². The Kier molecular flexibility index (Phi) is 12.2. The summed E-state index contributed by atoms with van der Waals surface area (Å²) in [6.07, 6.45) is -4.27. The van der Waals surface area contributed by atoms with E-state index in [0.717, 1.165) is 38.9 Å². The Morgan fingerprint density at radius 3 is 2.07 bits per heavy atom. The highest BCUT2D eigenvalue weighted by molar-refractivity contribution is 5.69. The van der Waals surface area contributed by atoms with E-state index in [0.29, 0.717) is 5.56 Å². The lowest BCUT2D eigenvalue weighted by molar-refractivity contribution is -0.387. The minimum atomic E-state index is -1.65. The van der Waals surface area contributed by atoms with Gasteiger partial charge in [-0.1, -0.05) is 11.8 Å². The van der Waals surface area contributed by atoms with Gasteiger partial charge < -0.3 is 33.3 Å². The van der Waals surface area contributed by atoms with E-state index < -0.39 is 71.8 Å². The summed E-state index contributed by atoms with van der Waals surface area (Å²) < 4.78 is 33.0. The Balaban J connectivity index is 1.98. The molecular formula is C32H34N2O12. The molecule has 14 nitrogen and oxygen atoms in total. The second-order valence-corrected chi connectivity index (χ2v) is 10.2. The lowest BCUT2D eigenvalue weighted by Gasteiger charge is -2.43. The van der Waals surface area contributed by atoms with E-state index in [9.17, 15) is 29.3 Å². The zero-order valence-corrected chi connectivity index (χ0v) is 26.1. The Labute approximate surface area is 265 Å². The lowest BCUT2D eigenvalue weighted by atomic mass is 9.98. The van der Waals surface area contributed by atoms with Crippen LogP contribution >= 0.6 is 0 Å². The molecular weight excluding hydrogens is 604 g/mol. The van der Waals surface area contributed by atoms with E-state index in [-0.39, 0.29) is 5.75 Å². The molecule has 5 atom stereocenters. The average molecular weight is 639 g/mol. The van der Waals surface area contributed by atoms with Gasteiger partial charge in [-0.05, 0) is 54.1 Å². The van der Waals surface area contributed by atoms with Crippen molar-refractivity contribution >= 4 is 41.3 Å². The molecule has 0 bridgehead atoms. The van der Waals surface area contributed by atoms with Gasteiger partial charge in [0.05, 0.1) is 4.92 Å². The summed E-state index contributed by atoms with van der Waals surface area (Å²) in [4.78, 5) is 60.9. The maximum Gasteiger partial charge on any atom is 0.311 e. The standard InChI is InChI=1S/C32H34N2O12/c1-19(35)41-18-28-29(42-20(2)36)30(43-21(3)37)31(44-22(4)38)32(46-28)45-27-17-24(13-16-26(27)34(39)40)10-8-7-9-23-11-14-25(15-12-23)33(5)6/h8,10-17,28-32H,18H2,1-6H3/b10-8+/t28-,29-,30+,31-,32?/m1/s1. The van der Waals surface area contributed by atoms with E-state index in [4.69, 9.17) is 28.4 Å². The fourth-order valence-corrected chi connectivity index (χ4v) is 4.39. The minimum Gasteiger partial charge on any atom is -0.463 e. The highest BCUT2D eigenvalue weighted by Gasteiger charge is 2.53. The normalized spacial score (nSPS) is 20.4. The van der Waals surface area contributed by atoms with E-state index in [1.54, 1.807) is 12.2 Å². The summed E-state index contributed by atoms with van der Waals surface area (Å²) in [7, 11) is 3.86. The van der Waals surface area contributed by atoms with Crippen molar-refractivity contribution in [2.24, 2.45) is 0 Å². The first-order chi connectivity index (χ1) is 21.7. The fraction of sp³-hybridized carbons (Fsp3) is 0.375. The Morgan fingerprint density at radius 1 is 0.891 bits per heavy atom. The molecule has 1 heterocycles. The van der Waals surface area contributed by atoms with Crippen molar-refractivity contribution in [1.82, 2.24) is 0 Å².